The number of aliphatic carboxylic acids is 1. The van der Waals surface area contributed by atoms with Crippen LogP contribution in [0.15, 0.2) is 30.3 Å². The van der Waals surface area contributed by atoms with Crippen LogP contribution in [0.4, 0.5) is 4.79 Å². The zero-order valence-corrected chi connectivity index (χ0v) is 19.2. The fourth-order valence-corrected chi connectivity index (χ4v) is 5.09. The zero-order chi connectivity index (χ0) is 23.5. The number of carbonyl (C=O) groups is 3. The quantitative estimate of drug-likeness (QED) is 0.426. The largest absolute Gasteiger partial charge is 0.480 e. The first-order valence-electron chi connectivity index (χ1n) is 10.7. The number of halogens is 2. The number of urea groups is 1. The molecule has 0 fully saturated rings. The van der Waals surface area contributed by atoms with Gasteiger partial charge in [0.2, 0.25) is 0 Å². The van der Waals surface area contributed by atoms with Gasteiger partial charge in [-0.25, -0.2) is 9.59 Å². The van der Waals surface area contributed by atoms with E-state index in [2.05, 4.69) is 21.3 Å². The maximum absolute atomic E-state index is 12.9. The van der Waals surface area contributed by atoms with Crippen LogP contribution in [-0.2, 0) is 24.2 Å². The Bertz CT molecular complexity index is 1110. The number of amides is 3. The molecule has 2 aliphatic rings. The number of rotatable bonds is 6. The molecule has 0 aromatic heterocycles. The number of fused-ring (bicyclic) bond motifs is 2. The van der Waals surface area contributed by atoms with Crippen LogP contribution >= 0.6 is 23.2 Å². The molecule has 0 saturated carbocycles. The van der Waals surface area contributed by atoms with Gasteiger partial charge >= 0.3 is 12.0 Å². The molecule has 1 heterocycles. The molecule has 8 nitrogen and oxygen atoms in total. The summed E-state index contributed by atoms with van der Waals surface area (Å²) in [4.78, 5) is 37.0. The van der Waals surface area contributed by atoms with E-state index in [0.717, 1.165) is 36.1 Å². The van der Waals surface area contributed by atoms with E-state index in [0.29, 0.717) is 13.0 Å². The summed E-state index contributed by atoms with van der Waals surface area (Å²) in [5, 5.41) is 21.0. The minimum Gasteiger partial charge on any atom is -0.480 e. The highest BCUT2D eigenvalue weighted by atomic mass is 35.5. The van der Waals surface area contributed by atoms with Crippen LogP contribution in [0.3, 0.4) is 0 Å². The third-order valence-corrected chi connectivity index (χ3v) is 6.73. The Kier molecular flexibility index (Phi) is 7.07. The van der Waals surface area contributed by atoms with E-state index in [1.54, 1.807) is 6.07 Å². The van der Waals surface area contributed by atoms with Crippen molar-refractivity contribution in [3.8, 4) is 0 Å². The Morgan fingerprint density at radius 1 is 1.15 bits per heavy atom. The number of benzene rings is 2. The molecule has 1 aliphatic heterocycles. The molecular formula is C23H24Cl2N4O4. The Labute approximate surface area is 201 Å². The predicted octanol–water partition coefficient (Wildman–Crippen LogP) is 2.81. The highest BCUT2D eigenvalue weighted by Crippen LogP contribution is 2.33. The fraction of sp³-hybridized carbons (Fsp3) is 0.348. The molecule has 0 spiro atoms. The highest BCUT2D eigenvalue weighted by molar-refractivity contribution is 6.40. The topological polar surface area (TPSA) is 120 Å². The number of carbonyl (C=O) groups excluding carboxylic acids is 2. The summed E-state index contributed by atoms with van der Waals surface area (Å²) >= 11 is 12.7. The van der Waals surface area contributed by atoms with Crippen molar-refractivity contribution in [2.45, 2.75) is 37.9 Å². The Morgan fingerprint density at radius 2 is 1.94 bits per heavy atom. The number of aryl methyl sites for hydroxylation is 1. The van der Waals surface area contributed by atoms with Crippen molar-refractivity contribution in [3.05, 3.63) is 68.2 Å². The third-order valence-electron chi connectivity index (χ3n) is 6.01. The number of hydrogen-bond acceptors (Lipinski definition) is 4. The lowest BCUT2D eigenvalue weighted by molar-refractivity contribution is -0.139. The van der Waals surface area contributed by atoms with Gasteiger partial charge in [-0.2, -0.15) is 0 Å². The van der Waals surface area contributed by atoms with E-state index in [1.807, 2.05) is 24.3 Å². The average Bonchev–Trinajstić information content (AvgIpc) is 3.19. The number of carboxylic acid groups (broad SMARTS) is 1. The standard InChI is InChI=1S/C23H24Cl2N4O4/c24-16-9-13-10-26-8-7-15(13)20(25)19(16)21(30)28-18(22(31)32)11-27-23(33)29-17-6-5-12-3-1-2-4-14(12)17/h1-4,9,17-18,26H,5-8,10-11H2,(H,28,30)(H,31,32)(H2,27,29,33). The van der Waals surface area contributed by atoms with Crippen LogP contribution in [-0.4, -0.2) is 42.1 Å². The first-order valence-corrected chi connectivity index (χ1v) is 11.5. The van der Waals surface area contributed by atoms with Gasteiger partial charge < -0.3 is 26.4 Å². The smallest absolute Gasteiger partial charge is 0.328 e. The van der Waals surface area contributed by atoms with E-state index in [4.69, 9.17) is 23.2 Å². The molecule has 3 amide bonds. The Balaban J connectivity index is 1.39. The van der Waals surface area contributed by atoms with Gasteiger partial charge in [-0.3, -0.25) is 4.79 Å². The van der Waals surface area contributed by atoms with Gasteiger partial charge in [-0.1, -0.05) is 47.5 Å². The summed E-state index contributed by atoms with van der Waals surface area (Å²) in [6.07, 6.45) is 2.28. The van der Waals surface area contributed by atoms with Gasteiger partial charge in [0.05, 0.1) is 28.2 Å². The minimum absolute atomic E-state index is 0.0391. The van der Waals surface area contributed by atoms with Gasteiger partial charge in [-0.05, 0) is 54.1 Å². The number of carboxylic acids is 1. The molecule has 33 heavy (non-hydrogen) atoms. The van der Waals surface area contributed by atoms with E-state index in [9.17, 15) is 19.5 Å². The minimum atomic E-state index is -1.36. The van der Waals surface area contributed by atoms with Crippen LogP contribution in [0.25, 0.3) is 0 Å². The molecule has 5 N–H and O–H groups in total. The molecule has 0 radical (unpaired) electrons. The van der Waals surface area contributed by atoms with Gasteiger partial charge in [0, 0.05) is 6.54 Å². The molecule has 0 bridgehead atoms. The van der Waals surface area contributed by atoms with Crippen LogP contribution in [0.1, 0.15) is 45.1 Å². The first-order chi connectivity index (χ1) is 15.8. The van der Waals surface area contributed by atoms with E-state index < -0.39 is 23.9 Å². The van der Waals surface area contributed by atoms with Crippen LogP contribution in [0.2, 0.25) is 10.0 Å². The molecule has 1 aliphatic carbocycles. The second kappa shape index (κ2) is 9.99. The van der Waals surface area contributed by atoms with Crippen LogP contribution in [0.5, 0.6) is 0 Å². The molecular weight excluding hydrogens is 467 g/mol. The summed E-state index contributed by atoms with van der Waals surface area (Å²) < 4.78 is 0. The second-order valence-electron chi connectivity index (χ2n) is 8.12. The van der Waals surface area contributed by atoms with Crippen molar-refractivity contribution in [3.63, 3.8) is 0 Å². The zero-order valence-electron chi connectivity index (χ0n) is 17.7. The highest BCUT2D eigenvalue weighted by Gasteiger charge is 2.28. The Morgan fingerprint density at radius 3 is 2.73 bits per heavy atom. The van der Waals surface area contributed by atoms with Crippen LogP contribution < -0.4 is 21.3 Å². The maximum Gasteiger partial charge on any atom is 0.328 e. The normalized spacial score (nSPS) is 17.5. The van der Waals surface area contributed by atoms with Crippen molar-refractivity contribution in [1.82, 2.24) is 21.3 Å². The maximum atomic E-state index is 12.9. The van der Waals surface area contributed by atoms with E-state index in [1.165, 1.54) is 5.56 Å². The number of nitrogens with one attached hydrogen (secondary N) is 4. The third kappa shape index (κ3) is 5.08. The van der Waals surface area contributed by atoms with E-state index >= 15 is 0 Å². The lowest BCUT2D eigenvalue weighted by Gasteiger charge is -2.22. The second-order valence-corrected chi connectivity index (χ2v) is 8.91. The summed E-state index contributed by atoms with van der Waals surface area (Å²) in [6, 6.07) is 7.54. The molecule has 0 saturated heterocycles. The average molecular weight is 491 g/mol. The van der Waals surface area contributed by atoms with Gasteiger partial charge in [-0.15, -0.1) is 0 Å². The lowest BCUT2D eigenvalue weighted by atomic mass is 9.97. The fourth-order valence-electron chi connectivity index (χ4n) is 4.32. The van der Waals surface area contributed by atoms with Crippen LogP contribution in [0, 0.1) is 0 Å². The molecule has 2 atom stereocenters. The SMILES string of the molecule is O=C(NCC(NC(=O)c1c(Cl)cc2c(c1Cl)CCNC2)C(=O)O)NC1CCc2ccccc21. The molecule has 2 aromatic rings. The van der Waals surface area contributed by atoms with Crippen molar-refractivity contribution in [2.75, 3.05) is 13.1 Å². The summed E-state index contributed by atoms with van der Waals surface area (Å²) in [7, 11) is 0. The number of hydrogen-bond donors (Lipinski definition) is 5. The molecule has 4 rings (SSSR count). The first kappa shape index (κ1) is 23.4. The lowest BCUT2D eigenvalue weighted by Crippen LogP contribution is -2.50. The summed E-state index contributed by atoms with van der Waals surface area (Å²) in [6.45, 7) is 1.02. The molecule has 174 valence electrons. The van der Waals surface area contributed by atoms with E-state index in [-0.39, 0.29) is 28.2 Å². The predicted molar refractivity (Wildman–Crippen MR) is 125 cm³/mol. The van der Waals surface area contributed by atoms with Gasteiger partial charge in [0.15, 0.2) is 0 Å². The van der Waals surface area contributed by atoms with Crippen molar-refractivity contribution < 1.29 is 19.5 Å². The molecule has 2 aromatic carbocycles. The molecule has 10 heteroatoms. The Hall–Kier alpha value is -2.81. The summed E-state index contributed by atoms with van der Waals surface area (Å²) in [5.74, 6) is -1.99. The van der Waals surface area contributed by atoms with Crippen molar-refractivity contribution >= 4 is 41.1 Å². The monoisotopic (exact) mass is 490 g/mol. The van der Waals surface area contributed by atoms with Crippen molar-refractivity contribution in [1.29, 1.82) is 0 Å². The van der Waals surface area contributed by atoms with Crippen molar-refractivity contribution in [2.24, 2.45) is 0 Å². The summed E-state index contributed by atoms with van der Waals surface area (Å²) in [5.41, 5.74) is 4.02. The van der Waals surface area contributed by atoms with Gasteiger partial charge in [0.25, 0.3) is 5.91 Å². The molecule has 2 unspecified atom stereocenters. The van der Waals surface area contributed by atoms with Gasteiger partial charge in [0.1, 0.15) is 6.04 Å².